The van der Waals surface area contributed by atoms with E-state index < -0.39 is 0 Å². The molecule has 0 amide bonds. The average molecular weight is 199 g/mol. The fraction of sp³-hybridized carbons (Fsp3) is 0.833. The lowest BCUT2D eigenvalue weighted by Crippen LogP contribution is -2.35. The van der Waals surface area contributed by atoms with Crippen molar-refractivity contribution in [1.82, 2.24) is 0 Å². The van der Waals surface area contributed by atoms with Crippen LogP contribution in [0.15, 0.2) is 12.7 Å². The Labute approximate surface area is 89.4 Å². The van der Waals surface area contributed by atoms with Crippen molar-refractivity contribution in [1.29, 1.82) is 0 Å². The summed E-state index contributed by atoms with van der Waals surface area (Å²) in [5, 5.41) is 0. The second kappa shape index (κ2) is 7.02. The van der Waals surface area contributed by atoms with Crippen LogP contribution in [0.3, 0.4) is 0 Å². The first-order chi connectivity index (χ1) is 6.45. The van der Waals surface area contributed by atoms with Gasteiger partial charge in [0.25, 0.3) is 0 Å². The lowest BCUT2D eigenvalue weighted by Gasteiger charge is -2.23. The highest BCUT2D eigenvalue weighted by molar-refractivity contribution is 4.81. The maximum atomic E-state index is 5.74. The molecular weight excluding hydrogens is 172 g/mol. The van der Waals surface area contributed by atoms with Crippen LogP contribution in [0.25, 0.3) is 0 Å². The molecule has 2 N–H and O–H groups in total. The third kappa shape index (κ3) is 9.75. The third-order valence-electron chi connectivity index (χ3n) is 2.42. The van der Waals surface area contributed by atoms with E-state index in [2.05, 4.69) is 27.7 Å². The van der Waals surface area contributed by atoms with E-state index in [0.29, 0.717) is 0 Å². The summed E-state index contributed by atoms with van der Waals surface area (Å²) in [7, 11) is 6.73. The molecular formula is C12H27N2+. The molecule has 0 heterocycles. The number of hydrogen-bond acceptors (Lipinski definition) is 1. The van der Waals surface area contributed by atoms with Gasteiger partial charge in [-0.15, -0.1) is 6.58 Å². The van der Waals surface area contributed by atoms with E-state index in [1.165, 1.54) is 32.2 Å². The van der Waals surface area contributed by atoms with E-state index in [1.54, 1.807) is 0 Å². The first-order valence-electron chi connectivity index (χ1n) is 5.64. The summed E-state index contributed by atoms with van der Waals surface area (Å²) in [5.74, 6) is 0. The topological polar surface area (TPSA) is 26.0 Å². The van der Waals surface area contributed by atoms with Crippen LogP contribution >= 0.6 is 0 Å². The highest BCUT2D eigenvalue weighted by Gasteiger charge is 2.05. The minimum absolute atomic E-state index is 0.202. The second-order valence-corrected chi connectivity index (χ2v) is 5.12. The fourth-order valence-electron chi connectivity index (χ4n) is 1.44. The Kier molecular flexibility index (Phi) is 6.85. The first kappa shape index (κ1) is 13.7. The molecule has 0 bridgehead atoms. The number of hydrogen-bond donors (Lipinski definition) is 1. The lowest BCUT2D eigenvalue weighted by molar-refractivity contribution is -0.870. The van der Waals surface area contributed by atoms with Crippen molar-refractivity contribution in [3.63, 3.8) is 0 Å². The van der Waals surface area contributed by atoms with E-state index >= 15 is 0 Å². The van der Waals surface area contributed by atoms with E-state index in [4.69, 9.17) is 5.73 Å². The molecule has 0 aliphatic carbocycles. The van der Waals surface area contributed by atoms with Gasteiger partial charge in [0.15, 0.2) is 0 Å². The molecule has 0 radical (unpaired) electrons. The van der Waals surface area contributed by atoms with Crippen LogP contribution in [0.1, 0.15) is 32.1 Å². The van der Waals surface area contributed by atoms with E-state index in [-0.39, 0.29) is 6.04 Å². The van der Waals surface area contributed by atoms with Gasteiger partial charge >= 0.3 is 0 Å². The van der Waals surface area contributed by atoms with Crippen molar-refractivity contribution in [2.45, 2.75) is 38.1 Å². The van der Waals surface area contributed by atoms with Crippen molar-refractivity contribution < 1.29 is 4.48 Å². The predicted octanol–water partition coefficient (Wildman–Crippen LogP) is 2.16. The zero-order valence-electron chi connectivity index (χ0n) is 10.1. The number of nitrogens with zero attached hydrogens (tertiary/aromatic N) is 1. The molecule has 0 aromatic carbocycles. The summed E-state index contributed by atoms with van der Waals surface area (Å²) in [6.45, 7) is 4.95. The van der Waals surface area contributed by atoms with E-state index in [9.17, 15) is 0 Å². The molecule has 2 heteroatoms. The fourth-order valence-corrected chi connectivity index (χ4v) is 1.44. The summed E-state index contributed by atoms with van der Waals surface area (Å²) in [6.07, 6.45) is 8.14. The molecule has 0 saturated carbocycles. The highest BCUT2D eigenvalue weighted by atomic mass is 15.3. The molecule has 0 saturated heterocycles. The van der Waals surface area contributed by atoms with Crippen LogP contribution in [0, 0.1) is 0 Å². The number of rotatable bonds is 8. The minimum atomic E-state index is 0.202. The van der Waals surface area contributed by atoms with Gasteiger partial charge in [-0.05, 0) is 19.3 Å². The molecule has 0 aromatic rings. The zero-order chi connectivity index (χ0) is 11.0. The Hall–Kier alpha value is -0.340. The maximum Gasteiger partial charge on any atom is 0.0780 e. The van der Waals surface area contributed by atoms with Crippen molar-refractivity contribution >= 4 is 0 Å². The molecule has 84 valence electrons. The SMILES string of the molecule is C=CC(N)CCCCCC[N+](C)(C)C. The van der Waals surface area contributed by atoms with Gasteiger partial charge in [0.1, 0.15) is 0 Å². The predicted molar refractivity (Wildman–Crippen MR) is 64.2 cm³/mol. The standard InChI is InChI=1S/C12H27N2/c1-5-12(13)10-8-6-7-9-11-14(2,3)4/h5,12H,1,6-11,13H2,2-4H3/q+1. The van der Waals surface area contributed by atoms with Gasteiger partial charge in [0, 0.05) is 6.04 Å². The molecule has 0 aliphatic heterocycles. The summed E-state index contributed by atoms with van der Waals surface area (Å²) < 4.78 is 1.08. The quantitative estimate of drug-likeness (QED) is 0.362. The van der Waals surface area contributed by atoms with Crippen molar-refractivity contribution in [3.8, 4) is 0 Å². The summed E-state index contributed by atoms with van der Waals surface area (Å²) >= 11 is 0. The van der Waals surface area contributed by atoms with Gasteiger partial charge < -0.3 is 10.2 Å². The Morgan fingerprint density at radius 2 is 1.71 bits per heavy atom. The van der Waals surface area contributed by atoms with Crippen molar-refractivity contribution in [2.75, 3.05) is 27.7 Å². The summed E-state index contributed by atoms with van der Waals surface area (Å²) in [4.78, 5) is 0. The first-order valence-corrected chi connectivity index (χ1v) is 5.64. The van der Waals surface area contributed by atoms with Crippen LogP contribution in [0.4, 0.5) is 0 Å². The Morgan fingerprint density at radius 3 is 2.21 bits per heavy atom. The molecule has 1 unspecified atom stereocenters. The average Bonchev–Trinajstić information content (AvgIpc) is 2.08. The van der Waals surface area contributed by atoms with Crippen LogP contribution in [0.2, 0.25) is 0 Å². The van der Waals surface area contributed by atoms with Gasteiger partial charge in [-0.2, -0.15) is 0 Å². The number of quaternary nitrogens is 1. The smallest absolute Gasteiger partial charge is 0.0780 e. The van der Waals surface area contributed by atoms with Crippen LogP contribution < -0.4 is 5.73 Å². The van der Waals surface area contributed by atoms with Gasteiger partial charge in [-0.3, -0.25) is 0 Å². The maximum absolute atomic E-state index is 5.74. The highest BCUT2D eigenvalue weighted by Crippen LogP contribution is 2.06. The molecule has 0 spiro atoms. The third-order valence-corrected chi connectivity index (χ3v) is 2.42. The largest absolute Gasteiger partial charge is 0.331 e. The van der Waals surface area contributed by atoms with E-state index in [1.807, 2.05) is 6.08 Å². The van der Waals surface area contributed by atoms with Crippen LogP contribution in [0.5, 0.6) is 0 Å². The zero-order valence-corrected chi connectivity index (χ0v) is 10.1. The van der Waals surface area contributed by atoms with Gasteiger partial charge in [0.05, 0.1) is 27.7 Å². The Morgan fingerprint density at radius 1 is 1.14 bits per heavy atom. The van der Waals surface area contributed by atoms with Crippen molar-refractivity contribution in [2.24, 2.45) is 5.73 Å². The summed E-state index contributed by atoms with van der Waals surface area (Å²) in [6, 6.07) is 0.202. The number of nitrogens with two attached hydrogens (primary N) is 1. The molecule has 1 atom stereocenters. The number of unbranched alkanes of at least 4 members (excludes halogenated alkanes) is 3. The van der Waals surface area contributed by atoms with Crippen molar-refractivity contribution in [3.05, 3.63) is 12.7 Å². The molecule has 2 nitrogen and oxygen atoms in total. The summed E-state index contributed by atoms with van der Waals surface area (Å²) in [5.41, 5.74) is 5.74. The Bertz CT molecular complexity index is 147. The molecule has 0 rings (SSSR count). The molecule has 0 fully saturated rings. The van der Waals surface area contributed by atoms with Gasteiger partial charge in [0.2, 0.25) is 0 Å². The van der Waals surface area contributed by atoms with Crippen LogP contribution in [-0.2, 0) is 0 Å². The molecule has 14 heavy (non-hydrogen) atoms. The molecule has 0 aliphatic rings. The van der Waals surface area contributed by atoms with Crippen LogP contribution in [-0.4, -0.2) is 38.2 Å². The second-order valence-electron chi connectivity index (χ2n) is 5.12. The molecule has 0 aromatic heterocycles. The monoisotopic (exact) mass is 199 g/mol. The van der Waals surface area contributed by atoms with Gasteiger partial charge in [-0.25, -0.2) is 0 Å². The van der Waals surface area contributed by atoms with E-state index in [0.717, 1.165) is 10.9 Å². The Balaban J connectivity index is 3.18. The van der Waals surface area contributed by atoms with Gasteiger partial charge in [-0.1, -0.05) is 18.9 Å². The normalized spacial score (nSPS) is 14.0. The minimum Gasteiger partial charge on any atom is -0.331 e. The lowest BCUT2D eigenvalue weighted by atomic mass is 10.1.